The largest absolute Gasteiger partial charge is 0.464 e. The van der Waals surface area contributed by atoms with Gasteiger partial charge in [0.2, 0.25) is 0 Å². The van der Waals surface area contributed by atoms with Crippen molar-refractivity contribution in [3.05, 3.63) is 29.5 Å². The van der Waals surface area contributed by atoms with Crippen LogP contribution in [-0.2, 0) is 4.74 Å². The molecule has 0 unspecified atom stereocenters. The summed E-state index contributed by atoms with van der Waals surface area (Å²) in [6.45, 7) is 1.97. The highest BCUT2D eigenvalue weighted by Gasteiger charge is 2.17. The van der Waals surface area contributed by atoms with Gasteiger partial charge in [-0.15, -0.1) is 0 Å². The Labute approximate surface area is 103 Å². The maximum atomic E-state index is 11.6. The van der Waals surface area contributed by atoms with E-state index >= 15 is 0 Å². The van der Waals surface area contributed by atoms with Crippen LogP contribution in [0, 0.1) is 6.92 Å². The van der Waals surface area contributed by atoms with E-state index in [4.69, 9.17) is 4.74 Å². The zero-order valence-corrected chi connectivity index (χ0v) is 10.2. The van der Waals surface area contributed by atoms with E-state index in [0.717, 1.165) is 16.5 Å². The van der Waals surface area contributed by atoms with Gasteiger partial charge in [-0.25, -0.2) is 4.79 Å². The molecule has 2 rings (SSSR count). The van der Waals surface area contributed by atoms with Crippen molar-refractivity contribution < 1.29 is 9.53 Å². The lowest BCUT2D eigenvalue weighted by Crippen LogP contribution is -2.01. The number of isothiocyanates is 1. The molecule has 0 saturated carbocycles. The molecule has 0 bridgehead atoms. The Hall–Kier alpha value is -1.97. The van der Waals surface area contributed by atoms with Crippen LogP contribution >= 0.6 is 12.2 Å². The fraction of sp³-hybridized carbons (Fsp3) is 0.167. The molecule has 4 nitrogen and oxygen atoms in total. The van der Waals surface area contributed by atoms with Crippen molar-refractivity contribution in [1.29, 1.82) is 0 Å². The smallest absolute Gasteiger partial charge is 0.356 e. The molecular formula is C12H10N2O2S. The fourth-order valence-corrected chi connectivity index (χ4v) is 1.79. The summed E-state index contributed by atoms with van der Waals surface area (Å²) < 4.78 is 4.69. The molecule has 1 heterocycles. The molecule has 0 saturated heterocycles. The van der Waals surface area contributed by atoms with Crippen LogP contribution in [0.4, 0.5) is 5.69 Å². The number of carbonyl (C=O) groups excluding carboxylic acids is 1. The Balaban J connectivity index is 2.80. The zero-order valence-electron chi connectivity index (χ0n) is 9.40. The van der Waals surface area contributed by atoms with Gasteiger partial charge in [0.05, 0.1) is 12.3 Å². The lowest BCUT2D eigenvalue weighted by molar-refractivity contribution is 0.0596. The van der Waals surface area contributed by atoms with Gasteiger partial charge in [0, 0.05) is 10.9 Å². The quantitative estimate of drug-likeness (QED) is 0.503. The number of rotatable bonds is 2. The number of hydrogen-bond donors (Lipinski definition) is 1. The number of aromatic amines is 1. The number of ether oxygens (including phenoxy) is 1. The third-order valence-corrected chi connectivity index (χ3v) is 2.56. The molecule has 0 amide bonds. The minimum atomic E-state index is -0.470. The van der Waals surface area contributed by atoms with Gasteiger partial charge in [0.1, 0.15) is 5.69 Å². The van der Waals surface area contributed by atoms with Gasteiger partial charge in [-0.1, -0.05) is 11.6 Å². The first kappa shape index (κ1) is 11.5. The summed E-state index contributed by atoms with van der Waals surface area (Å²) in [4.78, 5) is 18.5. The highest BCUT2D eigenvalue weighted by atomic mass is 32.1. The number of H-pyrrole nitrogens is 1. The average Bonchev–Trinajstić information content (AvgIpc) is 2.67. The van der Waals surface area contributed by atoms with Crippen LogP contribution in [0.2, 0.25) is 0 Å². The minimum Gasteiger partial charge on any atom is -0.464 e. The molecule has 0 aliphatic carbocycles. The van der Waals surface area contributed by atoms with Crippen LogP contribution in [0.15, 0.2) is 23.2 Å². The standard InChI is InChI=1S/C12H10N2O2S/c1-7-3-4-9-8(5-7)10(13-6-17)11(14-9)12(15)16-2/h3-5,14H,1-2H3. The Morgan fingerprint density at radius 1 is 1.53 bits per heavy atom. The number of fused-ring (bicyclic) bond motifs is 1. The summed E-state index contributed by atoms with van der Waals surface area (Å²) in [7, 11) is 1.32. The first-order valence-electron chi connectivity index (χ1n) is 4.96. The van der Waals surface area contributed by atoms with E-state index in [2.05, 4.69) is 27.4 Å². The van der Waals surface area contributed by atoms with Crippen LogP contribution in [0.3, 0.4) is 0 Å². The molecule has 2 aromatic rings. The molecule has 17 heavy (non-hydrogen) atoms. The first-order chi connectivity index (χ1) is 8.17. The second-order valence-corrected chi connectivity index (χ2v) is 3.77. The summed E-state index contributed by atoms with van der Waals surface area (Å²) in [6, 6.07) is 5.77. The number of nitrogens with zero attached hydrogens (tertiary/aromatic N) is 1. The maximum absolute atomic E-state index is 11.6. The Kier molecular flexibility index (Phi) is 3.04. The van der Waals surface area contributed by atoms with Crippen molar-refractivity contribution in [3.8, 4) is 0 Å². The number of aliphatic imine (C=N–C) groups is 1. The number of thiocarbonyl (C=S) groups is 1. The van der Waals surface area contributed by atoms with E-state index in [1.165, 1.54) is 7.11 Å². The highest BCUT2D eigenvalue weighted by molar-refractivity contribution is 7.78. The lowest BCUT2D eigenvalue weighted by Gasteiger charge is -1.96. The summed E-state index contributed by atoms with van der Waals surface area (Å²) in [6.07, 6.45) is 0. The van der Waals surface area contributed by atoms with E-state index in [1.54, 1.807) is 0 Å². The molecule has 1 aromatic carbocycles. The Morgan fingerprint density at radius 3 is 2.94 bits per heavy atom. The summed E-state index contributed by atoms with van der Waals surface area (Å²) in [5.74, 6) is -0.470. The van der Waals surface area contributed by atoms with Crippen LogP contribution in [0.25, 0.3) is 10.9 Å². The minimum absolute atomic E-state index is 0.297. The molecular weight excluding hydrogens is 236 g/mol. The van der Waals surface area contributed by atoms with Crippen molar-refractivity contribution in [3.63, 3.8) is 0 Å². The molecule has 0 radical (unpaired) electrons. The monoisotopic (exact) mass is 246 g/mol. The second-order valence-electron chi connectivity index (χ2n) is 3.59. The van der Waals surface area contributed by atoms with E-state index < -0.39 is 5.97 Å². The third kappa shape index (κ3) is 1.98. The van der Waals surface area contributed by atoms with Gasteiger partial charge in [0.15, 0.2) is 5.69 Å². The maximum Gasteiger partial charge on any atom is 0.356 e. The number of carbonyl (C=O) groups is 1. The Bertz CT molecular complexity index is 639. The van der Waals surface area contributed by atoms with Gasteiger partial charge in [-0.2, -0.15) is 4.99 Å². The second kappa shape index (κ2) is 4.49. The number of aryl methyl sites for hydroxylation is 1. The Morgan fingerprint density at radius 2 is 2.29 bits per heavy atom. The first-order valence-corrected chi connectivity index (χ1v) is 5.36. The van der Waals surface area contributed by atoms with Gasteiger partial charge in [-0.05, 0) is 31.3 Å². The fourth-order valence-electron chi connectivity index (χ4n) is 1.70. The lowest BCUT2D eigenvalue weighted by atomic mass is 10.1. The summed E-state index contributed by atoms with van der Waals surface area (Å²) in [5, 5.41) is 3.12. The molecule has 1 aromatic heterocycles. The molecule has 1 N–H and O–H groups in total. The van der Waals surface area contributed by atoms with Gasteiger partial charge < -0.3 is 9.72 Å². The third-order valence-electron chi connectivity index (χ3n) is 2.47. The van der Waals surface area contributed by atoms with E-state index in [-0.39, 0.29) is 0 Å². The van der Waals surface area contributed by atoms with E-state index in [0.29, 0.717) is 11.4 Å². The van der Waals surface area contributed by atoms with Crippen molar-refractivity contribution in [2.45, 2.75) is 6.92 Å². The molecule has 0 aliphatic heterocycles. The van der Waals surface area contributed by atoms with E-state index in [1.807, 2.05) is 25.1 Å². The number of nitrogens with one attached hydrogen (secondary N) is 1. The number of hydrogen-bond acceptors (Lipinski definition) is 4. The van der Waals surface area contributed by atoms with Crippen molar-refractivity contribution in [2.75, 3.05) is 7.11 Å². The van der Waals surface area contributed by atoms with Gasteiger partial charge in [0.25, 0.3) is 0 Å². The molecule has 0 fully saturated rings. The van der Waals surface area contributed by atoms with E-state index in [9.17, 15) is 4.79 Å². The van der Waals surface area contributed by atoms with Crippen molar-refractivity contribution >= 4 is 39.9 Å². The normalized spacial score (nSPS) is 10.0. The highest BCUT2D eigenvalue weighted by Crippen LogP contribution is 2.31. The summed E-state index contributed by atoms with van der Waals surface area (Å²) in [5.41, 5.74) is 2.67. The van der Waals surface area contributed by atoms with Crippen LogP contribution in [0.5, 0.6) is 0 Å². The predicted octanol–water partition coefficient (Wildman–Crippen LogP) is 3.00. The van der Waals surface area contributed by atoms with Gasteiger partial charge in [-0.3, -0.25) is 0 Å². The van der Waals surface area contributed by atoms with Crippen LogP contribution in [0.1, 0.15) is 16.1 Å². The van der Waals surface area contributed by atoms with Crippen molar-refractivity contribution in [1.82, 2.24) is 4.98 Å². The number of methoxy groups -OCH3 is 1. The summed E-state index contributed by atoms with van der Waals surface area (Å²) >= 11 is 4.60. The molecule has 0 aliphatic rings. The van der Waals surface area contributed by atoms with Gasteiger partial charge >= 0.3 is 5.97 Å². The number of aromatic nitrogens is 1. The predicted molar refractivity (Wildman–Crippen MR) is 69.1 cm³/mol. The average molecular weight is 246 g/mol. The molecule has 86 valence electrons. The molecule has 5 heteroatoms. The molecule has 0 spiro atoms. The number of benzene rings is 1. The number of esters is 1. The zero-order chi connectivity index (χ0) is 12.4. The molecule has 0 atom stereocenters. The van der Waals surface area contributed by atoms with Crippen LogP contribution in [-0.4, -0.2) is 23.2 Å². The van der Waals surface area contributed by atoms with Crippen LogP contribution < -0.4 is 0 Å². The topological polar surface area (TPSA) is 54.5 Å². The van der Waals surface area contributed by atoms with Crippen molar-refractivity contribution in [2.24, 2.45) is 4.99 Å². The SMILES string of the molecule is COC(=O)c1[nH]c2ccc(C)cc2c1N=C=S.